The van der Waals surface area contributed by atoms with Crippen molar-refractivity contribution in [3.05, 3.63) is 88.7 Å². The third-order valence-corrected chi connectivity index (χ3v) is 6.11. The number of hydrogen-bond donors (Lipinski definition) is 0. The van der Waals surface area contributed by atoms with E-state index < -0.39 is 17.8 Å². The monoisotopic (exact) mass is 493 g/mol. The minimum atomic E-state index is -0.473. The lowest BCUT2D eigenvalue weighted by Gasteiger charge is -2.37. The van der Waals surface area contributed by atoms with Crippen molar-refractivity contribution in [3.63, 3.8) is 0 Å². The summed E-state index contributed by atoms with van der Waals surface area (Å²) in [7, 11) is 3.13. The van der Waals surface area contributed by atoms with Crippen molar-refractivity contribution in [1.29, 1.82) is 0 Å². The number of nitrogens with zero attached hydrogens (tertiary/aromatic N) is 1. The van der Waals surface area contributed by atoms with E-state index >= 15 is 0 Å². The average Bonchev–Trinajstić information content (AvgIpc) is 2.90. The predicted octanol–water partition coefficient (Wildman–Crippen LogP) is 4.84. The highest BCUT2D eigenvalue weighted by Gasteiger charge is 2.33. The Hall–Kier alpha value is -4.07. The van der Waals surface area contributed by atoms with Gasteiger partial charge in [0.15, 0.2) is 11.5 Å². The second-order valence-corrected chi connectivity index (χ2v) is 8.24. The van der Waals surface area contributed by atoms with E-state index in [-0.39, 0.29) is 18.1 Å². The lowest BCUT2D eigenvalue weighted by atomic mass is 9.91. The van der Waals surface area contributed by atoms with E-state index in [0.717, 1.165) is 11.1 Å². The number of hydrogen-bond acceptors (Lipinski definition) is 6. The molecular formula is C28H28FNO6. The topological polar surface area (TPSA) is 74.3 Å². The van der Waals surface area contributed by atoms with E-state index in [0.29, 0.717) is 42.4 Å². The van der Waals surface area contributed by atoms with Crippen molar-refractivity contribution in [2.24, 2.45) is 0 Å². The maximum Gasteiger partial charge on any atom is 0.338 e. The number of halogens is 1. The molecule has 1 aliphatic heterocycles. The van der Waals surface area contributed by atoms with Crippen LogP contribution in [0.3, 0.4) is 0 Å². The molecule has 4 rings (SSSR count). The molecule has 3 aromatic carbocycles. The molecule has 8 heteroatoms. The Balaban J connectivity index is 1.64. The quantitative estimate of drug-likeness (QED) is 0.418. The van der Waals surface area contributed by atoms with E-state index in [1.54, 1.807) is 56.4 Å². The molecule has 0 saturated heterocycles. The van der Waals surface area contributed by atoms with Gasteiger partial charge in [-0.05, 0) is 79.1 Å². The number of benzene rings is 3. The second-order valence-electron chi connectivity index (χ2n) is 8.24. The summed E-state index contributed by atoms with van der Waals surface area (Å²) < 4.78 is 35.9. The van der Waals surface area contributed by atoms with Gasteiger partial charge >= 0.3 is 5.97 Å². The molecule has 188 valence electrons. The summed E-state index contributed by atoms with van der Waals surface area (Å²) in [6.45, 7) is 2.61. The molecule has 0 spiro atoms. The standard InChI is InChI=1S/C28H28FNO6/c1-4-35-28(32)18-8-10-22(11-9-18)36-17-24-23-16-26(34-3)25(33-2)15-19(23)12-13-30(24)27(31)20-6-5-7-21(29)14-20/h5-11,14-16,24H,4,12-13,17H2,1-3H3/t24-/m1/s1. The lowest BCUT2D eigenvalue weighted by molar-refractivity contribution is 0.0524. The highest BCUT2D eigenvalue weighted by Crippen LogP contribution is 2.39. The first-order chi connectivity index (χ1) is 17.4. The lowest BCUT2D eigenvalue weighted by Crippen LogP contribution is -2.42. The summed E-state index contributed by atoms with van der Waals surface area (Å²) in [5.74, 6) is 0.516. The summed E-state index contributed by atoms with van der Waals surface area (Å²) in [6.07, 6.45) is 0.599. The zero-order chi connectivity index (χ0) is 25.7. The number of methoxy groups -OCH3 is 2. The Bertz CT molecular complexity index is 1240. The van der Waals surface area contributed by atoms with E-state index in [9.17, 15) is 14.0 Å². The van der Waals surface area contributed by atoms with Crippen LogP contribution >= 0.6 is 0 Å². The first-order valence-electron chi connectivity index (χ1n) is 11.7. The van der Waals surface area contributed by atoms with Crippen LogP contribution in [0.25, 0.3) is 0 Å². The maximum atomic E-state index is 13.9. The van der Waals surface area contributed by atoms with Crippen LogP contribution in [0.1, 0.15) is 44.8 Å². The highest BCUT2D eigenvalue weighted by atomic mass is 19.1. The van der Waals surface area contributed by atoms with Crippen LogP contribution < -0.4 is 14.2 Å². The van der Waals surface area contributed by atoms with Gasteiger partial charge in [-0.15, -0.1) is 0 Å². The fourth-order valence-electron chi connectivity index (χ4n) is 4.32. The second kappa shape index (κ2) is 11.1. The minimum absolute atomic E-state index is 0.141. The van der Waals surface area contributed by atoms with Crippen LogP contribution in [-0.2, 0) is 11.2 Å². The third kappa shape index (κ3) is 5.27. The number of rotatable bonds is 8. The molecule has 36 heavy (non-hydrogen) atoms. The summed E-state index contributed by atoms with van der Waals surface area (Å²) >= 11 is 0. The zero-order valence-electron chi connectivity index (χ0n) is 20.5. The van der Waals surface area contributed by atoms with Crippen LogP contribution in [0.5, 0.6) is 17.2 Å². The first-order valence-corrected chi connectivity index (χ1v) is 11.7. The Labute approximate surface area is 209 Å². The van der Waals surface area contributed by atoms with Gasteiger partial charge in [-0.3, -0.25) is 4.79 Å². The van der Waals surface area contributed by atoms with Gasteiger partial charge in [-0.2, -0.15) is 0 Å². The van der Waals surface area contributed by atoms with Crippen LogP contribution in [0.15, 0.2) is 60.7 Å². The average molecular weight is 494 g/mol. The number of esters is 1. The van der Waals surface area contributed by atoms with Gasteiger partial charge in [-0.25, -0.2) is 9.18 Å². The van der Waals surface area contributed by atoms with Crippen molar-refractivity contribution in [2.45, 2.75) is 19.4 Å². The molecule has 1 amide bonds. The maximum absolute atomic E-state index is 13.9. The number of ether oxygens (including phenoxy) is 4. The van der Waals surface area contributed by atoms with Gasteiger partial charge in [0, 0.05) is 12.1 Å². The summed E-state index contributed by atoms with van der Waals surface area (Å²) in [5.41, 5.74) is 2.57. The number of fused-ring (bicyclic) bond motifs is 1. The fraction of sp³-hybridized carbons (Fsp3) is 0.286. The normalized spacial score (nSPS) is 14.6. The molecule has 3 aromatic rings. The van der Waals surface area contributed by atoms with Crippen LogP contribution in [-0.4, -0.2) is 50.8 Å². The van der Waals surface area contributed by atoms with Gasteiger partial charge < -0.3 is 23.8 Å². The molecule has 1 heterocycles. The Morgan fingerprint density at radius 2 is 1.69 bits per heavy atom. The van der Waals surface area contributed by atoms with Crippen LogP contribution in [0.4, 0.5) is 4.39 Å². The molecule has 0 N–H and O–H groups in total. The van der Waals surface area contributed by atoms with Gasteiger partial charge in [0.1, 0.15) is 18.2 Å². The van der Waals surface area contributed by atoms with Crippen LogP contribution in [0, 0.1) is 5.82 Å². The van der Waals surface area contributed by atoms with Crippen molar-refractivity contribution in [1.82, 2.24) is 4.90 Å². The van der Waals surface area contributed by atoms with Gasteiger partial charge in [0.25, 0.3) is 5.91 Å². The molecule has 0 fully saturated rings. The zero-order valence-corrected chi connectivity index (χ0v) is 20.5. The molecule has 0 radical (unpaired) electrons. The van der Waals surface area contributed by atoms with Gasteiger partial charge in [0.2, 0.25) is 0 Å². The van der Waals surface area contributed by atoms with Crippen molar-refractivity contribution < 1.29 is 32.9 Å². The molecule has 0 aliphatic carbocycles. The SMILES string of the molecule is CCOC(=O)c1ccc(OC[C@@H]2c3cc(OC)c(OC)cc3CCN2C(=O)c2cccc(F)c2)cc1. The first kappa shape index (κ1) is 25.0. The Morgan fingerprint density at radius 1 is 0.972 bits per heavy atom. The Morgan fingerprint density at radius 3 is 2.36 bits per heavy atom. The highest BCUT2D eigenvalue weighted by molar-refractivity contribution is 5.94. The molecule has 0 aromatic heterocycles. The van der Waals surface area contributed by atoms with E-state index in [4.69, 9.17) is 18.9 Å². The summed E-state index contributed by atoms with van der Waals surface area (Å²) in [6, 6.07) is 15.6. The predicted molar refractivity (Wildman–Crippen MR) is 131 cm³/mol. The number of carbonyl (C=O) groups excluding carboxylic acids is 2. The number of amides is 1. The van der Waals surface area contributed by atoms with Crippen molar-refractivity contribution in [2.75, 3.05) is 34.0 Å². The van der Waals surface area contributed by atoms with Crippen LogP contribution in [0.2, 0.25) is 0 Å². The smallest absolute Gasteiger partial charge is 0.338 e. The summed E-state index contributed by atoms with van der Waals surface area (Å²) in [4.78, 5) is 27.1. The number of carbonyl (C=O) groups is 2. The summed E-state index contributed by atoms with van der Waals surface area (Å²) in [5, 5.41) is 0. The van der Waals surface area contributed by atoms with E-state index in [1.807, 2.05) is 12.1 Å². The molecule has 0 bridgehead atoms. The van der Waals surface area contributed by atoms with Crippen molar-refractivity contribution in [3.8, 4) is 17.2 Å². The van der Waals surface area contributed by atoms with Gasteiger partial charge in [-0.1, -0.05) is 6.07 Å². The molecule has 7 nitrogen and oxygen atoms in total. The van der Waals surface area contributed by atoms with E-state index in [2.05, 4.69) is 0 Å². The largest absolute Gasteiger partial charge is 0.493 e. The van der Waals surface area contributed by atoms with Crippen molar-refractivity contribution >= 4 is 11.9 Å². The molecule has 0 unspecified atom stereocenters. The molecule has 1 atom stereocenters. The Kier molecular flexibility index (Phi) is 7.73. The van der Waals surface area contributed by atoms with E-state index in [1.165, 1.54) is 18.2 Å². The molecular weight excluding hydrogens is 465 g/mol. The van der Waals surface area contributed by atoms with Gasteiger partial charge in [0.05, 0.1) is 32.4 Å². The third-order valence-electron chi connectivity index (χ3n) is 6.11. The minimum Gasteiger partial charge on any atom is -0.493 e. The molecule has 0 saturated carbocycles. The molecule has 1 aliphatic rings. The fourth-order valence-corrected chi connectivity index (χ4v) is 4.32.